The molecule has 0 amide bonds. The van der Waals surface area contributed by atoms with Crippen molar-refractivity contribution in [3.05, 3.63) is 58.8 Å². The van der Waals surface area contributed by atoms with Gasteiger partial charge in [-0.3, -0.25) is 4.57 Å². The van der Waals surface area contributed by atoms with Crippen LogP contribution in [0.3, 0.4) is 0 Å². The van der Waals surface area contributed by atoms with Gasteiger partial charge in [0, 0.05) is 10.2 Å². The zero-order valence-corrected chi connectivity index (χ0v) is 16.4. The fraction of sp³-hybridized carbons (Fsp3) is 0.222. The van der Waals surface area contributed by atoms with Gasteiger partial charge in [-0.1, -0.05) is 27.7 Å². The molecule has 3 aromatic rings. The molecule has 0 aliphatic rings. The topological polar surface area (TPSA) is 49.2 Å². The molecule has 7 heteroatoms. The zero-order valence-electron chi connectivity index (χ0n) is 14.0. The number of aromatic nitrogens is 3. The number of benzene rings is 2. The third kappa shape index (κ3) is 4.35. The van der Waals surface area contributed by atoms with Crippen LogP contribution in [0.15, 0.2) is 58.2 Å². The number of halogens is 1. The van der Waals surface area contributed by atoms with Crippen molar-refractivity contribution in [1.82, 2.24) is 14.8 Å². The summed E-state index contributed by atoms with van der Waals surface area (Å²) in [4.78, 5) is 0. The molecular formula is C18H18BrN3O2S. The van der Waals surface area contributed by atoms with Crippen molar-refractivity contribution in [2.24, 2.45) is 0 Å². The summed E-state index contributed by atoms with van der Waals surface area (Å²) in [6.07, 6.45) is 1.98. The molecule has 0 aliphatic heterocycles. The molecule has 3 rings (SSSR count). The highest BCUT2D eigenvalue weighted by Crippen LogP contribution is 2.24. The van der Waals surface area contributed by atoms with Crippen molar-refractivity contribution in [2.45, 2.75) is 18.7 Å². The van der Waals surface area contributed by atoms with Gasteiger partial charge in [0.1, 0.15) is 18.1 Å². The van der Waals surface area contributed by atoms with Gasteiger partial charge in [0.25, 0.3) is 0 Å². The molecule has 0 saturated heterocycles. The van der Waals surface area contributed by atoms with Crippen molar-refractivity contribution in [2.75, 3.05) is 12.9 Å². The number of hydrogen-bond acceptors (Lipinski definition) is 5. The molecular weight excluding hydrogens is 402 g/mol. The van der Waals surface area contributed by atoms with Crippen LogP contribution in [0.4, 0.5) is 0 Å². The Bertz CT molecular complexity index is 819. The second-order valence-electron chi connectivity index (χ2n) is 5.11. The molecule has 1 aromatic heterocycles. The quantitative estimate of drug-likeness (QED) is 0.518. The van der Waals surface area contributed by atoms with Gasteiger partial charge in [0.2, 0.25) is 0 Å². The monoisotopic (exact) mass is 419 g/mol. The third-order valence-electron chi connectivity index (χ3n) is 3.47. The Morgan fingerprint density at radius 3 is 2.24 bits per heavy atom. The molecule has 0 bridgehead atoms. The minimum absolute atomic E-state index is 0.336. The number of hydrogen-bond donors (Lipinski definition) is 0. The Morgan fingerprint density at radius 1 is 0.960 bits per heavy atom. The predicted molar refractivity (Wildman–Crippen MR) is 103 cm³/mol. The summed E-state index contributed by atoms with van der Waals surface area (Å²) >= 11 is 4.96. The van der Waals surface area contributed by atoms with Gasteiger partial charge in [0.05, 0.1) is 6.61 Å². The molecule has 5 nitrogen and oxygen atoms in total. The van der Waals surface area contributed by atoms with E-state index in [1.807, 2.05) is 66.3 Å². The zero-order chi connectivity index (χ0) is 17.6. The van der Waals surface area contributed by atoms with Crippen LogP contribution in [-0.4, -0.2) is 27.6 Å². The second-order valence-corrected chi connectivity index (χ2v) is 6.80. The number of nitrogens with zero attached hydrogens (tertiary/aromatic N) is 3. The van der Waals surface area contributed by atoms with E-state index in [9.17, 15) is 0 Å². The Kier molecular flexibility index (Phi) is 5.99. The summed E-state index contributed by atoms with van der Waals surface area (Å²) in [7, 11) is 0. The summed E-state index contributed by atoms with van der Waals surface area (Å²) in [6.45, 7) is 2.95. The molecule has 0 radical (unpaired) electrons. The van der Waals surface area contributed by atoms with Gasteiger partial charge in [-0.05, 0) is 61.7 Å². The van der Waals surface area contributed by atoms with Crippen LogP contribution in [0.2, 0.25) is 0 Å². The third-order valence-corrected chi connectivity index (χ3v) is 4.63. The van der Waals surface area contributed by atoms with E-state index < -0.39 is 0 Å². The maximum Gasteiger partial charge on any atom is 0.195 e. The summed E-state index contributed by atoms with van der Waals surface area (Å²) in [5.74, 6) is 2.38. The predicted octanol–water partition coefficient (Wildman–Crippen LogP) is 4.73. The van der Waals surface area contributed by atoms with E-state index in [1.54, 1.807) is 11.8 Å². The van der Waals surface area contributed by atoms with Crippen LogP contribution in [0.5, 0.6) is 11.5 Å². The highest BCUT2D eigenvalue weighted by molar-refractivity contribution is 9.10. The Morgan fingerprint density at radius 2 is 1.60 bits per heavy atom. The normalized spacial score (nSPS) is 10.7. The average Bonchev–Trinajstić information content (AvgIpc) is 3.05. The van der Waals surface area contributed by atoms with Crippen molar-refractivity contribution < 1.29 is 9.47 Å². The van der Waals surface area contributed by atoms with Crippen molar-refractivity contribution in [1.29, 1.82) is 0 Å². The smallest absolute Gasteiger partial charge is 0.195 e. The molecule has 0 aliphatic carbocycles. The Labute approximate surface area is 159 Å². The highest BCUT2D eigenvalue weighted by Gasteiger charge is 2.14. The molecule has 0 saturated carbocycles. The number of thioether (sulfide) groups is 1. The molecule has 1 heterocycles. The fourth-order valence-electron chi connectivity index (χ4n) is 2.32. The Balaban J connectivity index is 1.83. The first-order valence-corrected chi connectivity index (χ1v) is 9.83. The van der Waals surface area contributed by atoms with E-state index in [1.165, 1.54) is 0 Å². The van der Waals surface area contributed by atoms with E-state index in [-0.39, 0.29) is 0 Å². The molecule has 25 heavy (non-hydrogen) atoms. The molecule has 0 atom stereocenters. The van der Waals surface area contributed by atoms with E-state index in [4.69, 9.17) is 9.47 Å². The lowest BCUT2D eigenvalue weighted by molar-refractivity contribution is 0.292. The van der Waals surface area contributed by atoms with Crippen molar-refractivity contribution in [3.8, 4) is 17.2 Å². The maximum absolute atomic E-state index is 5.85. The summed E-state index contributed by atoms with van der Waals surface area (Å²) in [6, 6.07) is 15.6. The molecule has 0 unspecified atom stereocenters. The minimum Gasteiger partial charge on any atom is -0.494 e. The first kappa shape index (κ1) is 17.8. The summed E-state index contributed by atoms with van der Waals surface area (Å²) in [5.41, 5.74) is 0.979. The van der Waals surface area contributed by atoms with Crippen LogP contribution in [-0.2, 0) is 6.61 Å². The highest BCUT2D eigenvalue weighted by atomic mass is 79.9. The van der Waals surface area contributed by atoms with Crippen LogP contribution < -0.4 is 9.47 Å². The molecule has 0 N–H and O–H groups in total. The average molecular weight is 420 g/mol. The summed E-state index contributed by atoms with van der Waals surface area (Å²) in [5, 5.41) is 9.35. The standard InChI is InChI=1S/C18H18BrN3O2S/c1-3-23-15-10-6-14(7-11-15)22-17(20-21-18(22)25-2)12-24-16-8-4-13(19)5-9-16/h4-11H,3,12H2,1-2H3. The van der Waals surface area contributed by atoms with Gasteiger partial charge < -0.3 is 9.47 Å². The first-order valence-electron chi connectivity index (χ1n) is 7.81. The lowest BCUT2D eigenvalue weighted by atomic mass is 10.3. The largest absolute Gasteiger partial charge is 0.494 e. The number of ether oxygens (including phenoxy) is 2. The van der Waals surface area contributed by atoms with Gasteiger partial charge >= 0.3 is 0 Å². The van der Waals surface area contributed by atoms with Gasteiger partial charge in [-0.25, -0.2) is 0 Å². The fourth-order valence-corrected chi connectivity index (χ4v) is 3.10. The lowest BCUT2D eigenvalue weighted by Gasteiger charge is -2.11. The lowest BCUT2D eigenvalue weighted by Crippen LogP contribution is -2.06. The van der Waals surface area contributed by atoms with Crippen LogP contribution in [0, 0.1) is 0 Å². The minimum atomic E-state index is 0.336. The maximum atomic E-state index is 5.85. The number of rotatable bonds is 7. The van der Waals surface area contributed by atoms with Gasteiger partial charge in [-0.15, -0.1) is 10.2 Å². The van der Waals surface area contributed by atoms with E-state index in [0.717, 1.165) is 32.6 Å². The van der Waals surface area contributed by atoms with E-state index >= 15 is 0 Å². The van der Waals surface area contributed by atoms with Crippen LogP contribution >= 0.6 is 27.7 Å². The van der Waals surface area contributed by atoms with Gasteiger partial charge in [0.15, 0.2) is 11.0 Å². The first-order chi connectivity index (χ1) is 12.2. The molecule has 2 aromatic carbocycles. The SMILES string of the molecule is CCOc1ccc(-n2c(COc3ccc(Br)cc3)nnc2SC)cc1. The van der Waals surface area contributed by atoms with Gasteiger partial charge in [-0.2, -0.15) is 0 Å². The van der Waals surface area contributed by atoms with Crippen molar-refractivity contribution >= 4 is 27.7 Å². The molecule has 0 spiro atoms. The second kappa shape index (κ2) is 8.40. The Hall–Kier alpha value is -1.99. The van der Waals surface area contributed by atoms with Crippen LogP contribution in [0.1, 0.15) is 12.7 Å². The molecule has 130 valence electrons. The molecule has 0 fully saturated rings. The van der Waals surface area contributed by atoms with E-state index in [0.29, 0.717) is 13.2 Å². The summed E-state index contributed by atoms with van der Waals surface area (Å²) < 4.78 is 14.4. The van der Waals surface area contributed by atoms with Crippen LogP contribution in [0.25, 0.3) is 5.69 Å². The van der Waals surface area contributed by atoms with E-state index in [2.05, 4.69) is 26.1 Å². The van der Waals surface area contributed by atoms with Crippen molar-refractivity contribution in [3.63, 3.8) is 0 Å².